The zero-order valence-electron chi connectivity index (χ0n) is 16.5. The molecule has 1 amide bonds. The third-order valence-corrected chi connectivity index (χ3v) is 5.37. The number of nitrogens with zero attached hydrogens (tertiary/aromatic N) is 4. The first-order valence-corrected chi connectivity index (χ1v) is 9.94. The number of amides is 1. The van der Waals surface area contributed by atoms with Gasteiger partial charge in [0.1, 0.15) is 11.4 Å². The predicted molar refractivity (Wildman–Crippen MR) is 114 cm³/mol. The molecule has 0 saturated carbocycles. The largest absolute Gasteiger partial charge is 0.495 e. The standard InChI is InChI=1S/C22H23ClN4O2/c1-16-15-20(27(24-16)18-9-7-17(23)8-10-18)22(28)26-13-11-25(12-14-26)19-5-3-4-6-21(19)29-2/h3-10,15H,11-14H2,1-2H3. The molecule has 0 spiro atoms. The van der Waals surface area contributed by atoms with Crippen LogP contribution in [0.3, 0.4) is 0 Å². The Kier molecular flexibility index (Phi) is 5.45. The van der Waals surface area contributed by atoms with Crippen LogP contribution in [-0.2, 0) is 0 Å². The summed E-state index contributed by atoms with van der Waals surface area (Å²) in [6.07, 6.45) is 0. The van der Waals surface area contributed by atoms with E-state index in [1.807, 2.05) is 48.2 Å². The number of piperazine rings is 1. The smallest absolute Gasteiger partial charge is 0.272 e. The third kappa shape index (κ3) is 3.93. The van der Waals surface area contributed by atoms with E-state index in [1.165, 1.54) is 0 Å². The minimum Gasteiger partial charge on any atom is -0.495 e. The molecule has 0 radical (unpaired) electrons. The molecular formula is C22H23ClN4O2. The van der Waals surface area contributed by atoms with Gasteiger partial charge in [0.15, 0.2) is 0 Å². The first-order valence-electron chi connectivity index (χ1n) is 9.56. The van der Waals surface area contributed by atoms with E-state index in [1.54, 1.807) is 23.9 Å². The number of para-hydroxylation sites is 2. The molecule has 2 aromatic carbocycles. The molecule has 0 N–H and O–H groups in total. The van der Waals surface area contributed by atoms with Crippen molar-refractivity contribution in [3.63, 3.8) is 0 Å². The average Bonchev–Trinajstić information content (AvgIpc) is 3.15. The summed E-state index contributed by atoms with van der Waals surface area (Å²) in [6, 6.07) is 17.1. The number of hydrogen-bond acceptors (Lipinski definition) is 4. The highest BCUT2D eigenvalue weighted by Gasteiger charge is 2.26. The van der Waals surface area contributed by atoms with Gasteiger partial charge in [-0.15, -0.1) is 0 Å². The van der Waals surface area contributed by atoms with Crippen LogP contribution in [-0.4, -0.2) is 53.9 Å². The van der Waals surface area contributed by atoms with Gasteiger partial charge in [-0.3, -0.25) is 4.79 Å². The maximum Gasteiger partial charge on any atom is 0.272 e. The van der Waals surface area contributed by atoms with Gasteiger partial charge in [0.25, 0.3) is 5.91 Å². The summed E-state index contributed by atoms with van der Waals surface area (Å²) >= 11 is 6.00. The van der Waals surface area contributed by atoms with Crippen molar-refractivity contribution in [2.24, 2.45) is 0 Å². The van der Waals surface area contributed by atoms with E-state index in [2.05, 4.69) is 16.1 Å². The van der Waals surface area contributed by atoms with Crippen molar-refractivity contribution in [3.05, 3.63) is 71.0 Å². The predicted octanol–water partition coefficient (Wildman–Crippen LogP) is 3.81. The normalized spacial score (nSPS) is 14.2. The molecule has 7 heteroatoms. The number of aryl methyl sites for hydroxylation is 1. The molecule has 1 saturated heterocycles. The maximum atomic E-state index is 13.2. The van der Waals surface area contributed by atoms with Gasteiger partial charge in [-0.05, 0) is 49.4 Å². The molecule has 29 heavy (non-hydrogen) atoms. The van der Waals surface area contributed by atoms with Crippen LogP contribution in [0.4, 0.5) is 5.69 Å². The van der Waals surface area contributed by atoms with Gasteiger partial charge in [0.2, 0.25) is 0 Å². The van der Waals surface area contributed by atoms with Crippen LogP contribution in [0.15, 0.2) is 54.6 Å². The highest BCUT2D eigenvalue weighted by atomic mass is 35.5. The number of hydrogen-bond donors (Lipinski definition) is 0. The number of methoxy groups -OCH3 is 1. The van der Waals surface area contributed by atoms with Crippen molar-refractivity contribution in [1.29, 1.82) is 0 Å². The molecule has 0 unspecified atom stereocenters. The minimum absolute atomic E-state index is 0.0137. The monoisotopic (exact) mass is 410 g/mol. The number of carbonyl (C=O) groups excluding carboxylic acids is 1. The van der Waals surface area contributed by atoms with Gasteiger partial charge < -0.3 is 14.5 Å². The Morgan fingerprint density at radius 3 is 2.41 bits per heavy atom. The number of carbonyl (C=O) groups is 1. The number of ether oxygens (including phenoxy) is 1. The van der Waals surface area contributed by atoms with Crippen LogP contribution in [0.5, 0.6) is 5.75 Å². The number of aromatic nitrogens is 2. The minimum atomic E-state index is -0.0137. The van der Waals surface area contributed by atoms with Crippen molar-refractivity contribution < 1.29 is 9.53 Å². The van der Waals surface area contributed by atoms with E-state index in [0.717, 1.165) is 35.9 Å². The van der Waals surface area contributed by atoms with Crippen LogP contribution >= 0.6 is 11.6 Å². The lowest BCUT2D eigenvalue weighted by Gasteiger charge is -2.36. The summed E-state index contributed by atoms with van der Waals surface area (Å²) < 4.78 is 7.17. The highest BCUT2D eigenvalue weighted by Crippen LogP contribution is 2.28. The first-order chi connectivity index (χ1) is 14.1. The topological polar surface area (TPSA) is 50.6 Å². The van der Waals surface area contributed by atoms with Crippen LogP contribution in [0, 0.1) is 6.92 Å². The van der Waals surface area contributed by atoms with E-state index in [4.69, 9.17) is 16.3 Å². The average molecular weight is 411 g/mol. The second-order valence-electron chi connectivity index (χ2n) is 7.01. The van der Waals surface area contributed by atoms with Crippen LogP contribution in [0.1, 0.15) is 16.2 Å². The Hall–Kier alpha value is -2.99. The molecule has 150 valence electrons. The molecule has 6 nitrogen and oxygen atoms in total. The zero-order valence-corrected chi connectivity index (χ0v) is 17.3. The van der Waals surface area contributed by atoms with Gasteiger partial charge in [0, 0.05) is 31.2 Å². The molecule has 2 heterocycles. The molecule has 1 fully saturated rings. The van der Waals surface area contributed by atoms with Crippen LogP contribution < -0.4 is 9.64 Å². The van der Waals surface area contributed by atoms with Gasteiger partial charge in [0.05, 0.1) is 24.2 Å². The zero-order chi connectivity index (χ0) is 20.4. The Morgan fingerprint density at radius 2 is 1.72 bits per heavy atom. The van der Waals surface area contributed by atoms with Gasteiger partial charge in [-0.25, -0.2) is 4.68 Å². The number of benzene rings is 2. The molecule has 0 atom stereocenters. The Morgan fingerprint density at radius 1 is 1.03 bits per heavy atom. The maximum absolute atomic E-state index is 13.2. The SMILES string of the molecule is COc1ccccc1N1CCN(C(=O)c2cc(C)nn2-c2ccc(Cl)cc2)CC1. The van der Waals surface area contributed by atoms with Crippen molar-refractivity contribution in [1.82, 2.24) is 14.7 Å². The Balaban J connectivity index is 1.51. The van der Waals surface area contributed by atoms with Crippen molar-refractivity contribution in [2.75, 3.05) is 38.2 Å². The van der Waals surface area contributed by atoms with E-state index < -0.39 is 0 Å². The molecule has 1 aliphatic rings. The molecule has 0 bridgehead atoms. The lowest BCUT2D eigenvalue weighted by atomic mass is 10.2. The quantitative estimate of drug-likeness (QED) is 0.656. The molecule has 4 rings (SSSR count). The van der Waals surface area contributed by atoms with E-state index in [0.29, 0.717) is 23.8 Å². The summed E-state index contributed by atoms with van der Waals surface area (Å²) in [5, 5.41) is 5.16. The van der Waals surface area contributed by atoms with Crippen LogP contribution in [0.2, 0.25) is 5.02 Å². The molecule has 3 aromatic rings. The second kappa shape index (κ2) is 8.17. The number of anilines is 1. The Bertz CT molecular complexity index is 1010. The first kappa shape index (κ1) is 19.3. The fourth-order valence-electron chi connectivity index (χ4n) is 3.63. The van der Waals surface area contributed by atoms with Crippen molar-refractivity contribution >= 4 is 23.2 Å². The molecule has 1 aromatic heterocycles. The fraction of sp³-hybridized carbons (Fsp3) is 0.273. The second-order valence-corrected chi connectivity index (χ2v) is 7.45. The molecule has 1 aliphatic heterocycles. The summed E-state index contributed by atoms with van der Waals surface area (Å²) in [5.41, 5.74) is 3.24. The van der Waals surface area contributed by atoms with E-state index in [9.17, 15) is 4.79 Å². The van der Waals surface area contributed by atoms with E-state index in [-0.39, 0.29) is 5.91 Å². The number of halogens is 1. The highest BCUT2D eigenvalue weighted by molar-refractivity contribution is 6.30. The summed E-state index contributed by atoms with van der Waals surface area (Å²) in [7, 11) is 1.68. The van der Waals surface area contributed by atoms with Gasteiger partial charge >= 0.3 is 0 Å². The fourth-order valence-corrected chi connectivity index (χ4v) is 3.76. The summed E-state index contributed by atoms with van der Waals surface area (Å²) in [6.45, 7) is 4.67. The van der Waals surface area contributed by atoms with Crippen molar-refractivity contribution in [2.45, 2.75) is 6.92 Å². The van der Waals surface area contributed by atoms with Crippen LogP contribution in [0.25, 0.3) is 5.69 Å². The number of rotatable bonds is 4. The third-order valence-electron chi connectivity index (χ3n) is 5.11. The van der Waals surface area contributed by atoms with Gasteiger partial charge in [-0.2, -0.15) is 5.10 Å². The summed E-state index contributed by atoms with van der Waals surface area (Å²) in [4.78, 5) is 17.4. The van der Waals surface area contributed by atoms with E-state index >= 15 is 0 Å². The summed E-state index contributed by atoms with van der Waals surface area (Å²) in [5.74, 6) is 0.837. The lowest BCUT2D eigenvalue weighted by Crippen LogP contribution is -2.49. The van der Waals surface area contributed by atoms with Gasteiger partial charge in [-0.1, -0.05) is 23.7 Å². The lowest BCUT2D eigenvalue weighted by molar-refractivity contribution is 0.0737. The molecule has 0 aliphatic carbocycles. The van der Waals surface area contributed by atoms with Crippen molar-refractivity contribution in [3.8, 4) is 11.4 Å². The molecular weight excluding hydrogens is 388 g/mol. The Labute approximate surface area is 175 Å².